The number of nitrogens with zero attached hydrogens (tertiary/aromatic N) is 1. The summed E-state index contributed by atoms with van der Waals surface area (Å²) >= 11 is 0. The smallest absolute Gasteiger partial charge is 0.321 e. The van der Waals surface area contributed by atoms with Crippen LogP contribution in [0.4, 0.5) is 5.69 Å². The first-order valence-electron chi connectivity index (χ1n) is 7.87. The third-order valence-electron chi connectivity index (χ3n) is 4.62. The molecule has 0 radical (unpaired) electrons. The molecule has 3 aromatic rings. The summed E-state index contributed by atoms with van der Waals surface area (Å²) in [7, 11) is 0. The van der Waals surface area contributed by atoms with E-state index in [-0.39, 0.29) is 5.69 Å². The maximum atomic E-state index is 11.6. The molecule has 0 bridgehead atoms. The summed E-state index contributed by atoms with van der Waals surface area (Å²) in [5.74, 6) is -0.939. The highest BCUT2D eigenvalue weighted by Crippen LogP contribution is 2.35. The van der Waals surface area contributed by atoms with Crippen molar-refractivity contribution in [2.75, 3.05) is 0 Å². The number of nitrogens with one attached hydrogen (secondary N) is 2. The summed E-state index contributed by atoms with van der Waals surface area (Å²) < 4.78 is 0. The SMILES string of the molecule is O=C(O)[C@@H]1Cc2c([nH]c3ccccc23)[C@H](c2cccc([N+](=O)[O-])c2)N1. The van der Waals surface area contributed by atoms with E-state index in [4.69, 9.17) is 0 Å². The van der Waals surface area contributed by atoms with Crippen LogP contribution in [0, 0.1) is 10.1 Å². The van der Waals surface area contributed by atoms with Crippen molar-refractivity contribution >= 4 is 22.6 Å². The van der Waals surface area contributed by atoms with E-state index >= 15 is 0 Å². The van der Waals surface area contributed by atoms with Crippen LogP contribution in [0.25, 0.3) is 10.9 Å². The highest BCUT2D eigenvalue weighted by molar-refractivity contribution is 5.87. The highest BCUT2D eigenvalue weighted by atomic mass is 16.6. The second kappa shape index (κ2) is 5.71. The van der Waals surface area contributed by atoms with Crippen LogP contribution in [-0.2, 0) is 11.2 Å². The Labute approximate surface area is 142 Å². The zero-order valence-corrected chi connectivity index (χ0v) is 13.1. The lowest BCUT2D eigenvalue weighted by atomic mass is 9.90. The third-order valence-corrected chi connectivity index (χ3v) is 4.62. The van der Waals surface area contributed by atoms with Gasteiger partial charge in [0.05, 0.1) is 11.0 Å². The van der Waals surface area contributed by atoms with Gasteiger partial charge < -0.3 is 10.1 Å². The van der Waals surface area contributed by atoms with E-state index in [0.29, 0.717) is 12.0 Å². The number of fused-ring (bicyclic) bond motifs is 3. The third kappa shape index (κ3) is 2.54. The molecular weight excluding hydrogens is 322 g/mol. The number of aromatic nitrogens is 1. The Hall–Kier alpha value is -3.19. The fourth-order valence-corrected chi connectivity index (χ4v) is 3.47. The molecule has 0 amide bonds. The molecular formula is C18H15N3O4. The number of para-hydroxylation sites is 1. The molecule has 0 unspecified atom stereocenters. The van der Waals surface area contributed by atoms with Gasteiger partial charge in [0.15, 0.2) is 0 Å². The van der Waals surface area contributed by atoms with Crippen LogP contribution < -0.4 is 5.32 Å². The summed E-state index contributed by atoms with van der Waals surface area (Å²) in [4.78, 5) is 25.6. The van der Waals surface area contributed by atoms with E-state index < -0.39 is 23.0 Å². The van der Waals surface area contributed by atoms with Crippen LogP contribution in [0.3, 0.4) is 0 Å². The molecule has 0 spiro atoms. The fraction of sp³-hybridized carbons (Fsp3) is 0.167. The predicted octanol–water partition coefficient (Wildman–Crippen LogP) is 2.76. The molecule has 2 aromatic carbocycles. The number of hydrogen-bond donors (Lipinski definition) is 3. The Morgan fingerprint density at radius 3 is 2.76 bits per heavy atom. The summed E-state index contributed by atoms with van der Waals surface area (Å²) in [5, 5.41) is 24.7. The molecule has 2 atom stereocenters. The number of nitro benzene ring substituents is 1. The number of aromatic amines is 1. The van der Waals surface area contributed by atoms with Crippen molar-refractivity contribution in [1.29, 1.82) is 0 Å². The van der Waals surface area contributed by atoms with E-state index in [9.17, 15) is 20.0 Å². The second-order valence-electron chi connectivity index (χ2n) is 6.11. The second-order valence-corrected chi connectivity index (χ2v) is 6.11. The van der Waals surface area contributed by atoms with Crippen LogP contribution in [0.2, 0.25) is 0 Å². The molecule has 25 heavy (non-hydrogen) atoms. The Bertz CT molecular complexity index is 995. The summed E-state index contributed by atoms with van der Waals surface area (Å²) in [5.41, 5.74) is 3.37. The monoisotopic (exact) mass is 337 g/mol. The standard InChI is InChI=1S/C18H15N3O4/c22-18(23)15-9-13-12-6-1-2-7-14(12)19-17(13)16(20-15)10-4-3-5-11(8-10)21(24)25/h1-8,15-16,19-20H,9H2,(H,22,23)/t15-,16-/m0/s1. The number of aliphatic carboxylic acids is 1. The lowest BCUT2D eigenvalue weighted by Gasteiger charge is -2.29. The zero-order chi connectivity index (χ0) is 17.6. The topological polar surface area (TPSA) is 108 Å². The van der Waals surface area contributed by atoms with Gasteiger partial charge in [-0.15, -0.1) is 0 Å². The Balaban J connectivity index is 1.89. The molecule has 4 rings (SSSR count). The molecule has 0 fully saturated rings. The normalized spacial score (nSPS) is 19.5. The van der Waals surface area contributed by atoms with Gasteiger partial charge in [-0.1, -0.05) is 30.3 Å². The summed E-state index contributed by atoms with van der Waals surface area (Å²) in [6.07, 6.45) is 0.361. The first-order chi connectivity index (χ1) is 12.0. The van der Waals surface area contributed by atoms with Gasteiger partial charge in [-0.05, 0) is 17.2 Å². The van der Waals surface area contributed by atoms with E-state index in [1.54, 1.807) is 12.1 Å². The average Bonchev–Trinajstić information content (AvgIpc) is 2.99. The lowest BCUT2D eigenvalue weighted by molar-refractivity contribution is -0.384. The molecule has 126 valence electrons. The van der Waals surface area contributed by atoms with Crippen molar-refractivity contribution in [3.05, 3.63) is 75.5 Å². The van der Waals surface area contributed by atoms with Gasteiger partial charge in [-0.3, -0.25) is 20.2 Å². The van der Waals surface area contributed by atoms with Crippen molar-refractivity contribution in [3.63, 3.8) is 0 Å². The van der Waals surface area contributed by atoms with E-state index in [1.165, 1.54) is 12.1 Å². The highest BCUT2D eigenvalue weighted by Gasteiger charge is 2.34. The number of carboxylic acids is 1. The molecule has 2 heterocycles. The van der Waals surface area contributed by atoms with Crippen LogP contribution >= 0.6 is 0 Å². The van der Waals surface area contributed by atoms with Crippen molar-refractivity contribution in [3.8, 4) is 0 Å². The summed E-state index contributed by atoms with van der Waals surface area (Å²) in [6.45, 7) is 0. The molecule has 1 aliphatic heterocycles. The number of H-pyrrole nitrogens is 1. The van der Waals surface area contributed by atoms with E-state index in [2.05, 4.69) is 10.3 Å². The van der Waals surface area contributed by atoms with Gasteiger partial charge >= 0.3 is 5.97 Å². The van der Waals surface area contributed by atoms with Gasteiger partial charge in [0.1, 0.15) is 6.04 Å². The predicted molar refractivity (Wildman–Crippen MR) is 91.5 cm³/mol. The number of benzene rings is 2. The maximum Gasteiger partial charge on any atom is 0.321 e. The first kappa shape index (κ1) is 15.3. The molecule has 7 nitrogen and oxygen atoms in total. The van der Waals surface area contributed by atoms with Gasteiger partial charge in [0, 0.05) is 35.2 Å². The number of nitro groups is 1. The van der Waals surface area contributed by atoms with Gasteiger partial charge in [-0.25, -0.2) is 0 Å². The quantitative estimate of drug-likeness (QED) is 0.503. The van der Waals surface area contributed by atoms with Crippen LogP contribution in [0.5, 0.6) is 0 Å². The fourth-order valence-electron chi connectivity index (χ4n) is 3.47. The van der Waals surface area contributed by atoms with Crippen molar-refractivity contribution in [1.82, 2.24) is 10.3 Å². The average molecular weight is 337 g/mol. The zero-order valence-electron chi connectivity index (χ0n) is 13.1. The van der Waals surface area contributed by atoms with Crippen LogP contribution in [0.15, 0.2) is 48.5 Å². The molecule has 7 heteroatoms. The number of carboxylic acid groups (broad SMARTS) is 1. The van der Waals surface area contributed by atoms with Gasteiger partial charge in [-0.2, -0.15) is 0 Å². The Morgan fingerprint density at radius 2 is 2.00 bits per heavy atom. The van der Waals surface area contributed by atoms with E-state index in [1.807, 2.05) is 24.3 Å². The molecule has 1 aromatic heterocycles. The minimum absolute atomic E-state index is 0.0191. The number of non-ortho nitro benzene ring substituents is 1. The number of rotatable bonds is 3. The molecule has 1 aliphatic rings. The van der Waals surface area contributed by atoms with Crippen LogP contribution in [0.1, 0.15) is 22.9 Å². The van der Waals surface area contributed by atoms with Gasteiger partial charge in [0.2, 0.25) is 0 Å². The number of carbonyl (C=O) groups is 1. The summed E-state index contributed by atoms with van der Waals surface area (Å²) in [6, 6.07) is 12.8. The lowest BCUT2D eigenvalue weighted by Crippen LogP contribution is -2.44. The molecule has 0 aliphatic carbocycles. The number of hydrogen-bond acceptors (Lipinski definition) is 4. The minimum Gasteiger partial charge on any atom is -0.480 e. The molecule has 3 N–H and O–H groups in total. The largest absolute Gasteiger partial charge is 0.480 e. The maximum absolute atomic E-state index is 11.6. The Morgan fingerprint density at radius 1 is 1.20 bits per heavy atom. The minimum atomic E-state index is -0.939. The van der Waals surface area contributed by atoms with Gasteiger partial charge in [0.25, 0.3) is 5.69 Å². The van der Waals surface area contributed by atoms with Crippen molar-refractivity contribution in [2.24, 2.45) is 0 Å². The Kier molecular flexibility index (Phi) is 3.51. The molecule has 0 saturated carbocycles. The van der Waals surface area contributed by atoms with Crippen molar-refractivity contribution in [2.45, 2.75) is 18.5 Å². The first-order valence-corrected chi connectivity index (χ1v) is 7.87. The van der Waals surface area contributed by atoms with Crippen molar-refractivity contribution < 1.29 is 14.8 Å². The van der Waals surface area contributed by atoms with E-state index in [0.717, 1.165) is 22.2 Å². The molecule has 0 saturated heterocycles. The van der Waals surface area contributed by atoms with Crippen LogP contribution in [-0.4, -0.2) is 27.0 Å².